The van der Waals surface area contributed by atoms with Gasteiger partial charge in [0.15, 0.2) is 5.11 Å². The van der Waals surface area contributed by atoms with Gasteiger partial charge in [-0.2, -0.15) is 0 Å². The lowest BCUT2D eigenvalue weighted by atomic mass is 9.96. The number of anilines is 2. The Kier molecular flexibility index (Phi) is 7.47. The first-order valence-corrected chi connectivity index (χ1v) is 13.8. The summed E-state index contributed by atoms with van der Waals surface area (Å²) in [5.41, 5.74) is 8.08. The summed E-state index contributed by atoms with van der Waals surface area (Å²) in [6, 6.07) is 21.8. The molecular weight excluding hydrogens is 526 g/mol. The minimum atomic E-state index is -0.154. The molecule has 2 aromatic carbocycles. The third kappa shape index (κ3) is 5.16. The fourth-order valence-electron chi connectivity index (χ4n) is 5.24. The second-order valence-electron chi connectivity index (χ2n) is 10.3. The van der Waals surface area contributed by atoms with Gasteiger partial charge in [-0.05, 0) is 105 Å². The maximum Gasteiger partial charge on any atom is 0.226 e. The van der Waals surface area contributed by atoms with Crippen molar-refractivity contribution in [2.45, 2.75) is 46.7 Å². The molecule has 6 nitrogen and oxygen atoms in total. The van der Waals surface area contributed by atoms with Crippen molar-refractivity contribution in [1.82, 2.24) is 14.9 Å². The van der Waals surface area contributed by atoms with Crippen LogP contribution >= 0.6 is 23.8 Å². The Labute approximate surface area is 240 Å². The molecule has 0 bridgehead atoms. The van der Waals surface area contributed by atoms with E-state index < -0.39 is 0 Å². The first kappa shape index (κ1) is 26.9. The Morgan fingerprint density at radius 1 is 1.03 bits per heavy atom. The molecule has 3 heterocycles. The lowest BCUT2D eigenvalue weighted by molar-refractivity contribution is -0.118. The smallest absolute Gasteiger partial charge is 0.226 e. The molecule has 4 aromatic rings. The zero-order valence-corrected chi connectivity index (χ0v) is 24.3. The third-order valence-corrected chi connectivity index (χ3v) is 7.81. The lowest BCUT2D eigenvalue weighted by Crippen LogP contribution is -2.29. The van der Waals surface area contributed by atoms with E-state index in [1.54, 1.807) is 0 Å². The van der Waals surface area contributed by atoms with Crippen molar-refractivity contribution < 1.29 is 4.79 Å². The molecule has 0 unspecified atom stereocenters. The fraction of sp³-hybridized carbons (Fsp3) is 0.258. The molecule has 0 saturated carbocycles. The topological polar surface area (TPSA) is 62.2 Å². The minimum absolute atomic E-state index is 0.00746. The van der Waals surface area contributed by atoms with Crippen LogP contribution in [-0.4, -0.2) is 20.6 Å². The van der Waals surface area contributed by atoms with Crippen LogP contribution in [-0.2, 0) is 4.79 Å². The number of carbonyl (C=O) groups excluding carboxylic acids is 1. The number of carbonyl (C=O) groups is 1. The standard InChI is InChI=1S/C31H32ClN5OS/c1-18(2)30(38)34-26-14-13-24(16-19(26)3)37-29(28(35-31(37)39)27-8-6-7-15-33-27)25-17-20(4)36(21(25)5)23-11-9-22(32)10-12-23/h6-18,28-29H,1-5H3,(H,34,38)(H,35,39)/t28-,29+/m0/s1. The highest BCUT2D eigenvalue weighted by atomic mass is 35.5. The van der Waals surface area contributed by atoms with E-state index in [0.29, 0.717) is 10.1 Å². The van der Waals surface area contributed by atoms with Crippen molar-refractivity contribution in [3.63, 3.8) is 0 Å². The van der Waals surface area contributed by atoms with Crippen LogP contribution in [0.2, 0.25) is 5.02 Å². The third-order valence-electron chi connectivity index (χ3n) is 7.24. The van der Waals surface area contributed by atoms with Crippen molar-refractivity contribution in [1.29, 1.82) is 0 Å². The van der Waals surface area contributed by atoms with E-state index in [2.05, 4.69) is 51.1 Å². The van der Waals surface area contributed by atoms with Gasteiger partial charge in [-0.3, -0.25) is 9.78 Å². The number of amides is 1. The molecule has 200 valence electrons. The molecule has 5 rings (SSSR count). The highest BCUT2D eigenvalue weighted by Crippen LogP contribution is 2.44. The summed E-state index contributed by atoms with van der Waals surface area (Å²) in [5.74, 6) is -0.106. The van der Waals surface area contributed by atoms with Crippen LogP contribution in [0.3, 0.4) is 0 Å². The normalized spacial score (nSPS) is 17.0. The first-order chi connectivity index (χ1) is 18.7. The quantitative estimate of drug-likeness (QED) is 0.245. The number of rotatable bonds is 6. The van der Waals surface area contributed by atoms with E-state index in [1.807, 2.05) is 81.6 Å². The first-order valence-electron chi connectivity index (χ1n) is 13.0. The van der Waals surface area contributed by atoms with Crippen LogP contribution in [0.5, 0.6) is 0 Å². The molecule has 8 heteroatoms. The number of aromatic nitrogens is 2. The number of hydrogen-bond donors (Lipinski definition) is 2. The Balaban J connectivity index is 1.61. The zero-order valence-electron chi connectivity index (χ0n) is 22.7. The van der Waals surface area contributed by atoms with Crippen LogP contribution in [0.25, 0.3) is 5.69 Å². The van der Waals surface area contributed by atoms with Gasteiger partial charge >= 0.3 is 0 Å². The second kappa shape index (κ2) is 10.8. The molecule has 1 aliphatic rings. The highest BCUT2D eigenvalue weighted by molar-refractivity contribution is 7.80. The molecular formula is C31H32ClN5OS. The van der Waals surface area contributed by atoms with Crippen molar-refractivity contribution >= 4 is 46.2 Å². The highest BCUT2D eigenvalue weighted by Gasteiger charge is 2.42. The Morgan fingerprint density at radius 2 is 1.74 bits per heavy atom. The molecule has 0 spiro atoms. The van der Waals surface area contributed by atoms with Gasteiger partial charge in [0.2, 0.25) is 5.91 Å². The maximum atomic E-state index is 12.3. The summed E-state index contributed by atoms with van der Waals surface area (Å²) in [5, 5.41) is 7.91. The molecule has 1 fully saturated rings. The van der Waals surface area contributed by atoms with Gasteiger partial charge in [0.05, 0.1) is 17.8 Å². The van der Waals surface area contributed by atoms with E-state index in [0.717, 1.165) is 45.3 Å². The average molecular weight is 558 g/mol. The number of nitrogens with zero attached hydrogens (tertiary/aromatic N) is 3. The van der Waals surface area contributed by atoms with Gasteiger partial charge in [-0.25, -0.2) is 0 Å². The van der Waals surface area contributed by atoms with Crippen LogP contribution in [0.4, 0.5) is 11.4 Å². The molecule has 1 aliphatic heterocycles. The molecule has 2 atom stereocenters. The summed E-state index contributed by atoms with van der Waals surface area (Å²) >= 11 is 12.1. The van der Waals surface area contributed by atoms with Gasteiger partial charge in [0, 0.05) is 45.6 Å². The Bertz CT molecular complexity index is 1530. The summed E-state index contributed by atoms with van der Waals surface area (Å²) in [4.78, 5) is 19.2. The second-order valence-corrected chi connectivity index (χ2v) is 11.1. The van der Waals surface area contributed by atoms with Gasteiger partial charge in [0.25, 0.3) is 0 Å². The van der Waals surface area contributed by atoms with Crippen LogP contribution in [0, 0.1) is 26.7 Å². The molecule has 2 aromatic heterocycles. The van der Waals surface area contributed by atoms with Crippen molar-refractivity contribution in [3.8, 4) is 5.69 Å². The number of thiocarbonyl (C=S) groups is 1. The molecule has 0 radical (unpaired) electrons. The molecule has 1 amide bonds. The van der Waals surface area contributed by atoms with E-state index in [1.165, 1.54) is 0 Å². The molecule has 39 heavy (non-hydrogen) atoms. The number of halogens is 1. The largest absolute Gasteiger partial charge is 0.351 e. The lowest BCUT2D eigenvalue weighted by Gasteiger charge is -2.29. The summed E-state index contributed by atoms with van der Waals surface area (Å²) < 4.78 is 2.25. The van der Waals surface area contributed by atoms with Crippen molar-refractivity contribution in [2.75, 3.05) is 10.2 Å². The maximum absolute atomic E-state index is 12.3. The fourth-order valence-corrected chi connectivity index (χ4v) is 5.71. The predicted molar refractivity (Wildman–Crippen MR) is 163 cm³/mol. The van der Waals surface area contributed by atoms with Crippen LogP contribution < -0.4 is 15.5 Å². The van der Waals surface area contributed by atoms with E-state index >= 15 is 0 Å². The van der Waals surface area contributed by atoms with E-state index in [9.17, 15) is 4.79 Å². The van der Waals surface area contributed by atoms with E-state index in [4.69, 9.17) is 23.8 Å². The molecule has 0 aliphatic carbocycles. The number of benzene rings is 2. The summed E-state index contributed by atoms with van der Waals surface area (Å²) in [7, 11) is 0. The van der Waals surface area contributed by atoms with Crippen LogP contribution in [0.15, 0.2) is 72.9 Å². The monoisotopic (exact) mass is 557 g/mol. The average Bonchev–Trinajstić information content (AvgIpc) is 3.41. The molecule has 2 N–H and O–H groups in total. The predicted octanol–water partition coefficient (Wildman–Crippen LogP) is 7.22. The Hall–Kier alpha value is -3.68. The summed E-state index contributed by atoms with van der Waals surface area (Å²) in [6.07, 6.45) is 1.81. The van der Waals surface area contributed by atoms with Gasteiger partial charge in [0.1, 0.15) is 0 Å². The van der Waals surface area contributed by atoms with Gasteiger partial charge in [-0.1, -0.05) is 31.5 Å². The zero-order chi connectivity index (χ0) is 27.8. The van der Waals surface area contributed by atoms with Crippen molar-refractivity contribution in [2.24, 2.45) is 5.92 Å². The Morgan fingerprint density at radius 3 is 2.38 bits per heavy atom. The van der Waals surface area contributed by atoms with Crippen molar-refractivity contribution in [3.05, 3.63) is 106 Å². The van der Waals surface area contributed by atoms with E-state index in [-0.39, 0.29) is 23.9 Å². The number of pyridine rings is 1. The molecule has 1 saturated heterocycles. The number of hydrogen-bond acceptors (Lipinski definition) is 3. The van der Waals surface area contributed by atoms with Gasteiger partial charge in [-0.15, -0.1) is 0 Å². The minimum Gasteiger partial charge on any atom is -0.351 e. The van der Waals surface area contributed by atoms with Crippen LogP contribution in [0.1, 0.15) is 54.1 Å². The van der Waals surface area contributed by atoms with Gasteiger partial charge < -0.3 is 20.1 Å². The summed E-state index contributed by atoms with van der Waals surface area (Å²) in [6.45, 7) is 10.0. The SMILES string of the molecule is Cc1cc(N2C(=S)N[C@@H](c3ccccn3)[C@H]2c2cc(C)n(-c3ccc(Cl)cc3)c2C)ccc1NC(=O)C(C)C. The number of nitrogens with one attached hydrogen (secondary N) is 2. The number of aryl methyl sites for hydroxylation is 2.